The van der Waals surface area contributed by atoms with E-state index in [1.165, 1.54) is 3.57 Å². The molecule has 13 heavy (non-hydrogen) atoms. The van der Waals surface area contributed by atoms with Gasteiger partial charge in [0.25, 0.3) is 0 Å². The molecule has 3 heteroatoms. The van der Waals surface area contributed by atoms with E-state index < -0.39 is 0 Å². The lowest BCUT2D eigenvalue weighted by Gasteiger charge is -2.13. The van der Waals surface area contributed by atoms with E-state index in [-0.39, 0.29) is 6.10 Å². The first-order valence-electron chi connectivity index (χ1n) is 4.29. The van der Waals surface area contributed by atoms with Gasteiger partial charge >= 0.3 is 0 Å². The molecule has 2 nitrogen and oxygen atoms in total. The normalized spacial score (nSPS) is 12.5. The van der Waals surface area contributed by atoms with Gasteiger partial charge in [-0.1, -0.05) is 0 Å². The molecular weight excluding hydrogens is 277 g/mol. The predicted octanol–water partition coefficient (Wildman–Crippen LogP) is 2.28. The lowest BCUT2D eigenvalue weighted by atomic mass is 10.3. The summed E-state index contributed by atoms with van der Waals surface area (Å²) in [5.74, 6) is 0.933. The molecule has 0 aromatic heterocycles. The second-order valence-corrected chi connectivity index (χ2v) is 4.19. The van der Waals surface area contributed by atoms with Gasteiger partial charge in [-0.3, -0.25) is 0 Å². The number of ether oxygens (including phenoxy) is 1. The molecule has 0 aliphatic heterocycles. The Labute approximate surface area is 92.8 Å². The highest BCUT2D eigenvalue weighted by atomic mass is 127. The Balaban J connectivity index is 2.49. The standard InChI is InChI=1S/C10H14INO/c1-8(7-12-2)13-10-5-3-9(11)4-6-10/h3-6,8,12H,7H2,1-2H3. The van der Waals surface area contributed by atoms with E-state index in [0.717, 1.165) is 12.3 Å². The third kappa shape index (κ3) is 3.95. The van der Waals surface area contributed by atoms with Gasteiger partial charge in [-0.05, 0) is 60.8 Å². The molecule has 0 aliphatic rings. The summed E-state index contributed by atoms with van der Waals surface area (Å²) in [5.41, 5.74) is 0. The number of hydrogen-bond donors (Lipinski definition) is 1. The van der Waals surface area contributed by atoms with Crippen LogP contribution in [0.1, 0.15) is 6.92 Å². The van der Waals surface area contributed by atoms with Crippen molar-refractivity contribution in [2.45, 2.75) is 13.0 Å². The van der Waals surface area contributed by atoms with Crippen molar-refractivity contribution in [1.29, 1.82) is 0 Å². The number of halogens is 1. The highest BCUT2D eigenvalue weighted by Gasteiger charge is 2.01. The van der Waals surface area contributed by atoms with Crippen molar-refractivity contribution in [2.75, 3.05) is 13.6 Å². The smallest absolute Gasteiger partial charge is 0.119 e. The molecular formula is C10H14INO. The molecule has 1 atom stereocenters. The first-order chi connectivity index (χ1) is 6.22. The Kier molecular flexibility index (Phi) is 4.52. The van der Waals surface area contributed by atoms with E-state index in [1.807, 2.05) is 31.3 Å². The van der Waals surface area contributed by atoms with Gasteiger partial charge in [0.2, 0.25) is 0 Å². The maximum Gasteiger partial charge on any atom is 0.119 e. The van der Waals surface area contributed by atoms with Gasteiger partial charge < -0.3 is 10.1 Å². The van der Waals surface area contributed by atoms with Crippen LogP contribution in [0.2, 0.25) is 0 Å². The summed E-state index contributed by atoms with van der Waals surface area (Å²) in [6, 6.07) is 8.08. The summed E-state index contributed by atoms with van der Waals surface area (Å²) in [7, 11) is 1.92. The minimum Gasteiger partial charge on any atom is -0.489 e. The summed E-state index contributed by atoms with van der Waals surface area (Å²) < 4.78 is 6.87. The van der Waals surface area contributed by atoms with Crippen LogP contribution in [-0.2, 0) is 0 Å². The first-order valence-corrected chi connectivity index (χ1v) is 5.37. The fourth-order valence-electron chi connectivity index (χ4n) is 1.07. The Hall–Kier alpha value is -0.290. The maximum atomic E-state index is 5.64. The molecule has 1 aromatic carbocycles. The van der Waals surface area contributed by atoms with Crippen molar-refractivity contribution in [2.24, 2.45) is 0 Å². The summed E-state index contributed by atoms with van der Waals surface area (Å²) in [4.78, 5) is 0. The maximum absolute atomic E-state index is 5.64. The second kappa shape index (κ2) is 5.44. The third-order valence-electron chi connectivity index (χ3n) is 1.64. The zero-order chi connectivity index (χ0) is 9.68. The molecule has 0 saturated heterocycles. The van der Waals surface area contributed by atoms with Gasteiger partial charge in [0.15, 0.2) is 0 Å². The molecule has 1 N–H and O–H groups in total. The number of nitrogens with one attached hydrogen (secondary N) is 1. The van der Waals surface area contributed by atoms with Crippen LogP contribution in [0.3, 0.4) is 0 Å². The topological polar surface area (TPSA) is 21.3 Å². The molecule has 0 fully saturated rings. The largest absolute Gasteiger partial charge is 0.489 e. The third-order valence-corrected chi connectivity index (χ3v) is 2.36. The molecule has 0 bridgehead atoms. The van der Waals surface area contributed by atoms with Crippen LogP contribution in [0, 0.1) is 3.57 Å². The van der Waals surface area contributed by atoms with Crippen LogP contribution in [0.15, 0.2) is 24.3 Å². The van der Waals surface area contributed by atoms with Crippen molar-refractivity contribution < 1.29 is 4.74 Å². The summed E-state index contributed by atoms with van der Waals surface area (Å²) >= 11 is 2.28. The van der Waals surface area contributed by atoms with Crippen LogP contribution in [0.25, 0.3) is 0 Å². The number of benzene rings is 1. The van der Waals surface area contributed by atoms with Crippen molar-refractivity contribution in [3.8, 4) is 5.75 Å². The molecule has 72 valence electrons. The Morgan fingerprint density at radius 1 is 1.38 bits per heavy atom. The van der Waals surface area contributed by atoms with Crippen molar-refractivity contribution in [3.63, 3.8) is 0 Å². The van der Waals surface area contributed by atoms with Gasteiger partial charge in [0.1, 0.15) is 11.9 Å². The number of rotatable bonds is 4. The van der Waals surface area contributed by atoms with E-state index in [2.05, 4.69) is 34.8 Å². The molecule has 1 aromatic rings. The van der Waals surface area contributed by atoms with E-state index in [4.69, 9.17) is 4.74 Å². The number of likely N-dealkylation sites (N-methyl/N-ethyl adjacent to an activating group) is 1. The highest BCUT2D eigenvalue weighted by Crippen LogP contribution is 2.14. The van der Waals surface area contributed by atoms with Crippen LogP contribution < -0.4 is 10.1 Å². The Bertz CT molecular complexity index is 248. The summed E-state index contributed by atoms with van der Waals surface area (Å²) in [5, 5.41) is 3.07. The summed E-state index contributed by atoms with van der Waals surface area (Å²) in [6.45, 7) is 2.92. The van der Waals surface area contributed by atoms with Gasteiger partial charge in [0, 0.05) is 10.1 Å². The fraction of sp³-hybridized carbons (Fsp3) is 0.400. The molecule has 0 amide bonds. The summed E-state index contributed by atoms with van der Waals surface area (Å²) in [6.07, 6.45) is 0.213. The Morgan fingerprint density at radius 2 is 2.00 bits per heavy atom. The van der Waals surface area contributed by atoms with Crippen molar-refractivity contribution in [1.82, 2.24) is 5.32 Å². The minimum atomic E-state index is 0.213. The van der Waals surface area contributed by atoms with Crippen LogP contribution in [0.4, 0.5) is 0 Å². The highest BCUT2D eigenvalue weighted by molar-refractivity contribution is 14.1. The molecule has 0 spiro atoms. The molecule has 1 rings (SSSR count). The predicted molar refractivity (Wildman–Crippen MR) is 63.2 cm³/mol. The lowest BCUT2D eigenvalue weighted by Crippen LogP contribution is -2.25. The Morgan fingerprint density at radius 3 is 2.54 bits per heavy atom. The SMILES string of the molecule is CNCC(C)Oc1ccc(I)cc1. The lowest BCUT2D eigenvalue weighted by molar-refractivity contribution is 0.220. The van der Waals surface area contributed by atoms with Crippen LogP contribution >= 0.6 is 22.6 Å². The minimum absolute atomic E-state index is 0.213. The molecule has 0 aliphatic carbocycles. The van der Waals surface area contributed by atoms with E-state index >= 15 is 0 Å². The zero-order valence-corrected chi connectivity index (χ0v) is 10.0. The van der Waals surface area contributed by atoms with Crippen molar-refractivity contribution >= 4 is 22.6 Å². The molecule has 1 unspecified atom stereocenters. The van der Waals surface area contributed by atoms with Gasteiger partial charge in [0.05, 0.1) is 0 Å². The number of hydrogen-bond acceptors (Lipinski definition) is 2. The molecule has 0 heterocycles. The molecule has 0 radical (unpaired) electrons. The van der Waals surface area contributed by atoms with Gasteiger partial charge in [-0.15, -0.1) is 0 Å². The fourth-order valence-corrected chi connectivity index (χ4v) is 1.43. The van der Waals surface area contributed by atoms with Crippen LogP contribution in [-0.4, -0.2) is 19.7 Å². The van der Waals surface area contributed by atoms with E-state index in [0.29, 0.717) is 0 Å². The van der Waals surface area contributed by atoms with Gasteiger partial charge in [-0.2, -0.15) is 0 Å². The van der Waals surface area contributed by atoms with Crippen LogP contribution in [0.5, 0.6) is 5.75 Å². The van der Waals surface area contributed by atoms with Crippen molar-refractivity contribution in [3.05, 3.63) is 27.8 Å². The zero-order valence-electron chi connectivity index (χ0n) is 7.88. The van der Waals surface area contributed by atoms with Gasteiger partial charge in [-0.25, -0.2) is 0 Å². The van der Waals surface area contributed by atoms with E-state index in [9.17, 15) is 0 Å². The second-order valence-electron chi connectivity index (χ2n) is 2.94. The monoisotopic (exact) mass is 291 g/mol. The molecule has 0 saturated carbocycles. The average Bonchev–Trinajstić information content (AvgIpc) is 2.09. The van der Waals surface area contributed by atoms with E-state index in [1.54, 1.807) is 0 Å². The average molecular weight is 291 g/mol. The quantitative estimate of drug-likeness (QED) is 0.859. The first kappa shape index (κ1) is 10.8.